The number of nitrogens with zero attached hydrogens (tertiary/aromatic N) is 2. The van der Waals surface area contributed by atoms with Gasteiger partial charge < -0.3 is 15.1 Å². The molecule has 0 aromatic heterocycles. The van der Waals surface area contributed by atoms with Crippen LogP contribution in [0.4, 0.5) is 0 Å². The van der Waals surface area contributed by atoms with E-state index in [0.29, 0.717) is 5.91 Å². The van der Waals surface area contributed by atoms with Crippen LogP contribution in [0.15, 0.2) is 0 Å². The fourth-order valence-corrected chi connectivity index (χ4v) is 2.75. The molecule has 1 N–H and O–H groups in total. The number of nitrogens with one attached hydrogen (secondary N) is 1. The lowest BCUT2D eigenvalue weighted by molar-refractivity contribution is -0.141. The topological polar surface area (TPSA) is 35.6 Å². The maximum absolute atomic E-state index is 12.4. The van der Waals surface area contributed by atoms with Crippen LogP contribution in [-0.2, 0) is 4.79 Å². The molecule has 2 aliphatic heterocycles. The van der Waals surface area contributed by atoms with Crippen molar-refractivity contribution >= 4 is 5.91 Å². The predicted molar refractivity (Wildman–Crippen MR) is 64.3 cm³/mol. The van der Waals surface area contributed by atoms with Gasteiger partial charge in [0.25, 0.3) is 0 Å². The molecule has 4 heteroatoms. The minimum absolute atomic E-state index is 0.0313. The number of likely N-dealkylation sites (tertiary alicyclic amines) is 1. The maximum atomic E-state index is 12.4. The largest absolute Gasteiger partial charge is 0.335 e. The third-order valence-corrected chi connectivity index (χ3v) is 3.81. The van der Waals surface area contributed by atoms with Gasteiger partial charge in [0.05, 0.1) is 5.92 Å². The Labute approximate surface area is 98.0 Å². The van der Waals surface area contributed by atoms with Gasteiger partial charge in [-0.3, -0.25) is 4.79 Å². The first-order chi connectivity index (χ1) is 7.50. The van der Waals surface area contributed by atoms with E-state index in [1.807, 2.05) is 0 Å². The Hall–Kier alpha value is -0.610. The summed E-state index contributed by atoms with van der Waals surface area (Å²) in [6.45, 7) is 8.97. The van der Waals surface area contributed by atoms with Gasteiger partial charge in [-0.15, -0.1) is 0 Å². The highest BCUT2D eigenvalue weighted by Gasteiger charge is 2.38. The average molecular weight is 225 g/mol. The quantitative estimate of drug-likeness (QED) is 0.690. The van der Waals surface area contributed by atoms with E-state index in [-0.39, 0.29) is 11.5 Å². The van der Waals surface area contributed by atoms with Crippen LogP contribution in [0.2, 0.25) is 0 Å². The predicted octanol–water partition coefficient (Wildman–Crippen LogP) is 0.149. The highest BCUT2D eigenvalue weighted by Crippen LogP contribution is 2.23. The lowest BCUT2D eigenvalue weighted by Crippen LogP contribution is -2.61. The van der Waals surface area contributed by atoms with Gasteiger partial charge in [0.1, 0.15) is 0 Å². The van der Waals surface area contributed by atoms with Crippen molar-refractivity contribution in [1.82, 2.24) is 15.1 Å². The molecule has 2 fully saturated rings. The second-order valence-electron chi connectivity index (χ2n) is 5.73. The number of carbonyl (C=O) groups excluding carboxylic acids is 1. The maximum Gasteiger partial charge on any atom is 0.227 e. The minimum Gasteiger partial charge on any atom is -0.335 e. The van der Waals surface area contributed by atoms with Crippen LogP contribution in [0.25, 0.3) is 0 Å². The number of hydrogen-bond acceptors (Lipinski definition) is 3. The van der Waals surface area contributed by atoms with Gasteiger partial charge in [-0.1, -0.05) is 0 Å². The first kappa shape index (κ1) is 11.9. The molecule has 1 amide bonds. The summed E-state index contributed by atoms with van der Waals surface area (Å²) in [6.07, 6.45) is 1.02. The first-order valence-corrected chi connectivity index (χ1v) is 6.21. The molecule has 2 rings (SSSR count). The van der Waals surface area contributed by atoms with E-state index in [4.69, 9.17) is 0 Å². The molecule has 0 aliphatic carbocycles. The van der Waals surface area contributed by atoms with E-state index in [1.165, 1.54) is 0 Å². The van der Waals surface area contributed by atoms with Crippen molar-refractivity contribution in [2.24, 2.45) is 5.92 Å². The summed E-state index contributed by atoms with van der Waals surface area (Å²) in [7, 11) is 2.09. The summed E-state index contributed by atoms with van der Waals surface area (Å²) in [5, 5.41) is 3.35. The third kappa shape index (κ3) is 2.23. The molecular weight excluding hydrogens is 202 g/mol. The molecule has 1 unspecified atom stereocenters. The highest BCUT2D eigenvalue weighted by atomic mass is 16.2. The standard InChI is InChI=1S/C12H23N3O/c1-12(2)9-13-5-7-15(12)11(16)10-4-6-14(3)8-10/h10,13H,4-9H2,1-3H3. The number of carbonyl (C=O) groups is 1. The lowest BCUT2D eigenvalue weighted by atomic mass is 9.96. The fraction of sp³-hybridized carbons (Fsp3) is 0.917. The van der Waals surface area contributed by atoms with Gasteiger partial charge in [-0.25, -0.2) is 0 Å². The summed E-state index contributed by atoms with van der Waals surface area (Å²) >= 11 is 0. The summed E-state index contributed by atoms with van der Waals surface area (Å²) in [4.78, 5) is 16.8. The molecular formula is C12H23N3O. The molecule has 16 heavy (non-hydrogen) atoms. The molecule has 92 valence electrons. The van der Waals surface area contributed by atoms with Crippen LogP contribution >= 0.6 is 0 Å². The van der Waals surface area contributed by atoms with E-state index in [2.05, 4.69) is 36.0 Å². The van der Waals surface area contributed by atoms with Gasteiger partial charge >= 0.3 is 0 Å². The third-order valence-electron chi connectivity index (χ3n) is 3.81. The molecule has 0 saturated carbocycles. The first-order valence-electron chi connectivity index (χ1n) is 6.21. The molecule has 2 heterocycles. The van der Waals surface area contributed by atoms with E-state index in [1.54, 1.807) is 0 Å². The van der Waals surface area contributed by atoms with Gasteiger partial charge in [-0.05, 0) is 33.9 Å². The Morgan fingerprint density at radius 1 is 1.38 bits per heavy atom. The van der Waals surface area contributed by atoms with Gasteiger partial charge in [0.2, 0.25) is 5.91 Å². The zero-order chi connectivity index (χ0) is 11.8. The monoisotopic (exact) mass is 225 g/mol. The fourth-order valence-electron chi connectivity index (χ4n) is 2.75. The van der Waals surface area contributed by atoms with Crippen molar-refractivity contribution in [3.05, 3.63) is 0 Å². The number of amides is 1. The van der Waals surface area contributed by atoms with Crippen LogP contribution in [0.1, 0.15) is 20.3 Å². The van der Waals surface area contributed by atoms with Crippen LogP contribution < -0.4 is 5.32 Å². The van der Waals surface area contributed by atoms with Gasteiger partial charge in [-0.2, -0.15) is 0 Å². The number of rotatable bonds is 1. The second-order valence-corrected chi connectivity index (χ2v) is 5.73. The van der Waals surface area contributed by atoms with E-state index in [9.17, 15) is 4.79 Å². The van der Waals surface area contributed by atoms with Crippen molar-refractivity contribution in [2.45, 2.75) is 25.8 Å². The Balaban J connectivity index is 2.03. The Bertz CT molecular complexity index is 277. The molecule has 2 aliphatic rings. The average Bonchev–Trinajstić information content (AvgIpc) is 2.63. The SMILES string of the molecule is CN1CCC(C(=O)N2CCNCC2(C)C)C1. The smallest absolute Gasteiger partial charge is 0.227 e. The molecule has 2 saturated heterocycles. The highest BCUT2D eigenvalue weighted by molar-refractivity contribution is 5.80. The molecule has 0 aromatic rings. The summed E-state index contributed by atoms with van der Waals surface area (Å²) in [6, 6.07) is 0. The Morgan fingerprint density at radius 2 is 2.12 bits per heavy atom. The zero-order valence-electron chi connectivity index (χ0n) is 10.6. The molecule has 4 nitrogen and oxygen atoms in total. The number of piperazine rings is 1. The van der Waals surface area contributed by atoms with E-state index >= 15 is 0 Å². The molecule has 1 atom stereocenters. The molecule has 0 aromatic carbocycles. The van der Waals surface area contributed by atoms with Crippen molar-refractivity contribution in [3.8, 4) is 0 Å². The van der Waals surface area contributed by atoms with Gasteiger partial charge in [0, 0.05) is 31.7 Å². The molecule has 0 bridgehead atoms. The molecule has 0 radical (unpaired) electrons. The Morgan fingerprint density at radius 3 is 2.69 bits per heavy atom. The number of hydrogen-bond donors (Lipinski definition) is 1. The van der Waals surface area contributed by atoms with Crippen LogP contribution in [0.5, 0.6) is 0 Å². The zero-order valence-corrected chi connectivity index (χ0v) is 10.6. The normalized spacial score (nSPS) is 30.7. The van der Waals surface area contributed by atoms with Crippen molar-refractivity contribution in [2.75, 3.05) is 39.8 Å². The van der Waals surface area contributed by atoms with Crippen LogP contribution in [-0.4, -0.2) is 61.0 Å². The van der Waals surface area contributed by atoms with Crippen molar-refractivity contribution < 1.29 is 4.79 Å². The van der Waals surface area contributed by atoms with E-state index < -0.39 is 0 Å². The van der Waals surface area contributed by atoms with E-state index in [0.717, 1.165) is 39.1 Å². The summed E-state index contributed by atoms with van der Waals surface area (Å²) in [5.74, 6) is 0.582. The van der Waals surface area contributed by atoms with Gasteiger partial charge in [0.15, 0.2) is 0 Å². The summed E-state index contributed by atoms with van der Waals surface area (Å²) < 4.78 is 0. The van der Waals surface area contributed by atoms with Crippen LogP contribution in [0, 0.1) is 5.92 Å². The minimum atomic E-state index is -0.0313. The second kappa shape index (κ2) is 4.34. The molecule has 0 spiro atoms. The summed E-state index contributed by atoms with van der Waals surface area (Å²) in [5.41, 5.74) is -0.0313. The van der Waals surface area contributed by atoms with Crippen molar-refractivity contribution in [1.29, 1.82) is 0 Å². The lowest BCUT2D eigenvalue weighted by Gasteiger charge is -2.44. The van der Waals surface area contributed by atoms with Crippen molar-refractivity contribution in [3.63, 3.8) is 0 Å². The Kier molecular flexibility index (Phi) is 3.22. The van der Waals surface area contributed by atoms with Crippen LogP contribution in [0.3, 0.4) is 0 Å².